The van der Waals surface area contributed by atoms with Crippen molar-refractivity contribution in [1.29, 1.82) is 0 Å². The second kappa shape index (κ2) is 13.8. The third-order valence-corrected chi connectivity index (χ3v) is 4.56. The zero-order valence-electron chi connectivity index (χ0n) is 18.2. The SMILES string of the molecule is CN=C(NCCOc1ccc(C(C)C)cc1)NCCc1cccc(C(=O)NC)c1.I. The molecule has 0 aliphatic carbocycles. The Morgan fingerprint density at radius 2 is 1.77 bits per heavy atom. The van der Waals surface area contributed by atoms with Crippen molar-refractivity contribution in [2.24, 2.45) is 4.99 Å². The molecule has 0 bridgehead atoms. The number of guanidine groups is 1. The van der Waals surface area contributed by atoms with Crippen molar-refractivity contribution in [1.82, 2.24) is 16.0 Å². The molecule has 0 saturated heterocycles. The van der Waals surface area contributed by atoms with Gasteiger partial charge in [-0.1, -0.05) is 38.1 Å². The van der Waals surface area contributed by atoms with Crippen LogP contribution in [-0.4, -0.2) is 45.7 Å². The van der Waals surface area contributed by atoms with E-state index in [-0.39, 0.29) is 29.9 Å². The number of amides is 1. The van der Waals surface area contributed by atoms with Gasteiger partial charge >= 0.3 is 0 Å². The second-order valence-corrected chi connectivity index (χ2v) is 7.03. The Morgan fingerprint density at radius 1 is 1.07 bits per heavy atom. The van der Waals surface area contributed by atoms with Gasteiger partial charge in [0.15, 0.2) is 5.96 Å². The average Bonchev–Trinajstić information content (AvgIpc) is 2.75. The maximum Gasteiger partial charge on any atom is 0.251 e. The van der Waals surface area contributed by atoms with Crippen LogP contribution in [0, 0.1) is 0 Å². The van der Waals surface area contributed by atoms with Crippen molar-refractivity contribution in [3.05, 3.63) is 65.2 Å². The van der Waals surface area contributed by atoms with Gasteiger partial charge in [-0.05, 0) is 47.7 Å². The number of rotatable bonds is 9. The summed E-state index contributed by atoms with van der Waals surface area (Å²) in [4.78, 5) is 16.0. The van der Waals surface area contributed by atoms with E-state index in [9.17, 15) is 4.79 Å². The number of carbonyl (C=O) groups excluding carboxylic acids is 1. The van der Waals surface area contributed by atoms with Crippen LogP contribution < -0.4 is 20.7 Å². The summed E-state index contributed by atoms with van der Waals surface area (Å²) in [5, 5.41) is 9.17. The Morgan fingerprint density at radius 3 is 2.40 bits per heavy atom. The number of benzene rings is 2. The lowest BCUT2D eigenvalue weighted by molar-refractivity contribution is 0.0963. The molecule has 2 aromatic carbocycles. The molecule has 0 unspecified atom stereocenters. The van der Waals surface area contributed by atoms with Crippen molar-refractivity contribution < 1.29 is 9.53 Å². The number of hydrogen-bond acceptors (Lipinski definition) is 3. The van der Waals surface area contributed by atoms with Gasteiger partial charge in [-0.15, -0.1) is 24.0 Å². The Bertz CT molecular complexity index is 807. The van der Waals surface area contributed by atoms with Crippen molar-refractivity contribution >= 4 is 35.8 Å². The van der Waals surface area contributed by atoms with Crippen LogP contribution in [0.4, 0.5) is 0 Å². The largest absolute Gasteiger partial charge is 0.492 e. The minimum absolute atomic E-state index is 0. The topological polar surface area (TPSA) is 74.8 Å². The smallest absolute Gasteiger partial charge is 0.251 e. The summed E-state index contributed by atoms with van der Waals surface area (Å²) in [7, 11) is 3.38. The molecule has 0 fully saturated rings. The molecule has 30 heavy (non-hydrogen) atoms. The third kappa shape index (κ3) is 8.61. The van der Waals surface area contributed by atoms with E-state index in [2.05, 4.69) is 46.9 Å². The summed E-state index contributed by atoms with van der Waals surface area (Å²) >= 11 is 0. The number of carbonyl (C=O) groups is 1. The number of hydrogen-bond donors (Lipinski definition) is 3. The van der Waals surface area contributed by atoms with Gasteiger partial charge in [-0.2, -0.15) is 0 Å². The lowest BCUT2D eigenvalue weighted by atomic mass is 10.0. The minimum Gasteiger partial charge on any atom is -0.492 e. The van der Waals surface area contributed by atoms with Gasteiger partial charge in [0.25, 0.3) is 5.91 Å². The van der Waals surface area contributed by atoms with E-state index >= 15 is 0 Å². The molecule has 3 N–H and O–H groups in total. The fraction of sp³-hybridized carbons (Fsp3) is 0.391. The van der Waals surface area contributed by atoms with Crippen molar-refractivity contribution in [2.45, 2.75) is 26.2 Å². The van der Waals surface area contributed by atoms with Crippen LogP contribution >= 0.6 is 24.0 Å². The molecular weight excluding hydrogens is 491 g/mol. The van der Waals surface area contributed by atoms with Gasteiger partial charge in [0.1, 0.15) is 12.4 Å². The second-order valence-electron chi connectivity index (χ2n) is 7.03. The van der Waals surface area contributed by atoms with Gasteiger partial charge in [-0.3, -0.25) is 9.79 Å². The summed E-state index contributed by atoms with van der Waals surface area (Å²) in [5.41, 5.74) is 3.08. The molecule has 2 rings (SSSR count). The fourth-order valence-corrected chi connectivity index (χ4v) is 2.85. The van der Waals surface area contributed by atoms with Crippen LogP contribution in [0.3, 0.4) is 0 Å². The molecule has 0 aromatic heterocycles. The van der Waals surface area contributed by atoms with E-state index in [0.29, 0.717) is 31.2 Å². The summed E-state index contributed by atoms with van der Waals surface area (Å²) < 4.78 is 5.77. The van der Waals surface area contributed by atoms with E-state index in [1.807, 2.05) is 36.4 Å². The van der Waals surface area contributed by atoms with Gasteiger partial charge in [0.05, 0.1) is 6.54 Å². The van der Waals surface area contributed by atoms with Gasteiger partial charge < -0.3 is 20.7 Å². The fourth-order valence-electron chi connectivity index (χ4n) is 2.85. The van der Waals surface area contributed by atoms with Gasteiger partial charge in [0.2, 0.25) is 0 Å². The Labute approximate surface area is 196 Å². The van der Waals surface area contributed by atoms with E-state index in [4.69, 9.17) is 4.74 Å². The Kier molecular flexibility index (Phi) is 11.9. The maximum atomic E-state index is 11.7. The first kappa shape index (κ1) is 25.7. The van der Waals surface area contributed by atoms with E-state index in [0.717, 1.165) is 23.7 Å². The first-order chi connectivity index (χ1) is 14.0. The summed E-state index contributed by atoms with van der Waals surface area (Å²) in [6, 6.07) is 15.9. The molecular formula is C23H33IN4O2. The molecule has 0 aliphatic heterocycles. The number of aliphatic imine (C=N–C) groups is 1. The van der Waals surface area contributed by atoms with Crippen LogP contribution in [0.1, 0.15) is 41.3 Å². The monoisotopic (exact) mass is 524 g/mol. The number of halogens is 1. The van der Waals surface area contributed by atoms with Crippen LogP contribution in [0.2, 0.25) is 0 Å². The molecule has 2 aromatic rings. The molecule has 0 atom stereocenters. The lowest BCUT2D eigenvalue weighted by Crippen LogP contribution is -2.40. The number of nitrogens with zero attached hydrogens (tertiary/aromatic N) is 1. The highest BCUT2D eigenvalue weighted by atomic mass is 127. The molecule has 0 spiro atoms. The van der Waals surface area contributed by atoms with Crippen LogP contribution in [0.5, 0.6) is 5.75 Å². The van der Waals surface area contributed by atoms with Crippen LogP contribution in [0.25, 0.3) is 0 Å². The van der Waals surface area contributed by atoms with E-state index < -0.39 is 0 Å². The summed E-state index contributed by atoms with van der Waals surface area (Å²) in [5.74, 6) is 2.05. The first-order valence-corrected chi connectivity index (χ1v) is 10.0. The standard InChI is InChI=1S/C23H32N4O2.HI/c1-17(2)19-8-10-21(11-9-19)29-15-14-27-23(25-4)26-13-12-18-6-5-7-20(16-18)22(28)24-3;/h5-11,16-17H,12-15H2,1-4H3,(H,24,28)(H2,25,26,27);1H. The molecule has 6 nitrogen and oxygen atoms in total. The minimum atomic E-state index is -0.0730. The summed E-state index contributed by atoms with van der Waals surface area (Å²) in [6.07, 6.45) is 0.796. The summed E-state index contributed by atoms with van der Waals surface area (Å²) in [6.45, 7) is 6.27. The molecule has 164 valence electrons. The molecule has 0 saturated carbocycles. The quantitative estimate of drug-likeness (QED) is 0.203. The Balaban J connectivity index is 0.00000450. The van der Waals surface area contributed by atoms with Crippen molar-refractivity contribution in [2.75, 3.05) is 33.8 Å². The normalized spacial score (nSPS) is 10.9. The lowest BCUT2D eigenvalue weighted by Gasteiger charge is -2.13. The van der Waals surface area contributed by atoms with Crippen LogP contribution in [0.15, 0.2) is 53.5 Å². The third-order valence-electron chi connectivity index (χ3n) is 4.56. The molecule has 0 heterocycles. The van der Waals surface area contributed by atoms with E-state index in [1.165, 1.54) is 5.56 Å². The number of ether oxygens (including phenoxy) is 1. The predicted octanol–water partition coefficient (Wildman–Crippen LogP) is 3.57. The molecule has 1 amide bonds. The molecule has 0 radical (unpaired) electrons. The highest BCUT2D eigenvalue weighted by Gasteiger charge is 2.04. The Hall–Kier alpha value is -2.29. The van der Waals surface area contributed by atoms with E-state index in [1.54, 1.807) is 14.1 Å². The molecule has 0 aliphatic rings. The van der Waals surface area contributed by atoms with Crippen LogP contribution in [-0.2, 0) is 6.42 Å². The highest BCUT2D eigenvalue weighted by Crippen LogP contribution is 2.18. The highest BCUT2D eigenvalue weighted by molar-refractivity contribution is 14.0. The van der Waals surface area contributed by atoms with Gasteiger partial charge in [0, 0.05) is 26.2 Å². The maximum absolute atomic E-state index is 11.7. The van der Waals surface area contributed by atoms with Crippen molar-refractivity contribution in [3.63, 3.8) is 0 Å². The predicted molar refractivity (Wildman–Crippen MR) is 134 cm³/mol. The van der Waals surface area contributed by atoms with Crippen molar-refractivity contribution in [3.8, 4) is 5.75 Å². The zero-order valence-corrected chi connectivity index (χ0v) is 20.5. The zero-order chi connectivity index (χ0) is 21.1. The number of nitrogens with one attached hydrogen (secondary N) is 3. The van der Waals surface area contributed by atoms with Gasteiger partial charge in [-0.25, -0.2) is 0 Å². The average molecular weight is 524 g/mol. The first-order valence-electron chi connectivity index (χ1n) is 10.0. The molecule has 7 heteroatoms.